The molecule has 1 aliphatic heterocycles. The molecule has 1 aliphatic carbocycles. The first kappa shape index (κ1) is 11.4. The lowest BCUT2D eigenvalue weighted by Crippen LogP contribution is -2.53. The van der Waals surface area contributed by atoms with Gasteiger partial charge < -0.3 is 4.90 Å². The van der Waals surface area contributed by atoms with Crippen LogP contribution in [0.5, 0.6) is 0 Å². The lowest BCUT2D eigenvalue weighted by Gasteiger charge is -2.44. The molecule has 0 aromatic rings. The second-order valence-corrected chi connectivity index (χ2v) is 5.54. The molecule has 3 nitrogen and oxygen atoms in total. The predicted molar refractivity (Wildman–Crippen MR) is 61.5 cm³/mol. The van der Waals surface area contributed by atoms with Crippen LogP contribution in [-0.2, 0) is 4.79 Å². The number of nitrogens with zero attached hydrogens (tertiary/aromatic N) is 2. The fourth-order valence-electron chi connectivity index (χ4n) is 2.75. The summed E-state index contributed by atoms with van der Waals surface area (Å²) < 4.78 is 0. The summed E-state index contributed by atoms with van der Waals surface area (Å²) in [6.07, 6.45) is 4.83. The topological polar surface area (TPSA) is 44.1 Å². The summed E-state index contributed by atoms with van der Waals surface area (Å²) in [5.74, 6) is 0.677. The average Bonchev–Trinajstić information content (AvgIpc) is 2.21. The molecule has 2 rings (SSSR count). The normalized spacial score (nSPS) is 32.7. The molecule has 0 spiro atoms. The van der Waals surface area contributed by atoms with Crippen molar-refractivity contribution in [3.05, 3.63) is 0 Å². The van der Waals surface area contributed by atoms with E-state index in [1.54, 1.807) is 0 Å². The minimum Gasteiger partial charge on any atom is -0.338 e. The number of likely N-dealkylation sites (tertiary alicyclic amines) is 1. The molecule has 1 heterocycles. The van der Waals surface area contributed by atoms with Crippen LogP contribution < -0.4 is 0 Å². The Morgan fingerprint density at radius 3 is 2.56 bits per heavy atom. The SMILES string of the molecule is CC1CCC(C)N(C(=O)C2(C#N)CCC2)C1. The number of nitriles is 1. The molecule has 1 saturated carbocycles. The molecule has 3 heteroatoms. The highest BCUT2D eigenvalue weighted by Gasteiger charge is 2.48. The van der Waals surface area contributed by atoms with Gasteiger partial charge in [0.1, 0.15) is 5.41 Å². The van der Waals surface area contributed by atoms with Crippen LogP contribution in [0.15, 0.2) is 0 Å². The highest BCUT2D eigenvalue weighted by molar-refractivity contribution is 5.86. The molecular weight excluding hydrogens is 200 g/mol. The largest absolute Gasteiger partial charge is 0.338 e. The predicted octanol–water partition coefficient (Wildman–Crippen LogP) is 2.33. The van der Waals surface area contributed by atoms with Crippen LogP contribution in [0, 0.1) is 22.7 Å². The van der Waals surface area contributed by atoms with Crippen molar-refractivity contribution in [2.24, 2.45) is 11.3 Å². The van der Waals surface area contributed by atoms with Crippen molar-refractivity contribution in [2.75, 3.05) is 6.54 Å². The second-order valence-electron chi connectivity index (χ2n) is 5.54. The Hall–Kier alpha value is -1.04. The van der Waals surface area contributed by atoms with Crippen LogP contribution in [0.25, 0.3) is 0 Å². The number of carbonyl (C=O) groups excluding carboxylic acids is 1. The summed E-state index contributed by atoms with van der Waals surface area (Å²) in [6.45, 7) is 5.13. The molecule has 2 unspecified atom stereocenters. The zero-order valence-corrected chi connectivity index (χ0v) is 10.2. The van der Waals surface area contributed by atoms with Crippen molar-refractivity contribution in [1.29, 1.82) is 5.26 Å². The molecule has 2 aliphatic rings. The van der Waals surface area contributed by atoms with E-state index in [-0.39, 0.29) is 5.91 Å². The quantitative estimate of drug-likeness (QED) is 0.680. The third-order valence-corrected chi connectivity index (χ3v) is 4.21. The molecule has 0 radical (unpaired) electrons. The van der Waals surface area contributed by atoms with Gasteiger partial charge in [0.05, 0.1) is 6.07 Å². The first-order valence-electron chi connectivity index (χ1n) is 6.31. The molecule has 0 bridgehead atoms. The zero-order valence-electron chi connectivity index (χ0n) is 10.2. The number of piperidine rings is 1. The minimum absolute atomic E-state index is 0.0975. The van der Waals surface area contributed by atoms with Crippen LogP contribution in [0.1, 0.15) is 46.0 Å². The van der Waals surface area contributed by atoms with Crippen molar-refractivity contribution in [3.8, 4) is 6.07 Å². The Kier molecular flexibility index (Phi) is 2.92. The van der Waals surface area contributed by atoms with Gasteiger partial charge in [-0.25, -0.2) is 0 Å². The van der Waals surface area contributed by atoms with Crippen molar-refractivity contribution in [2.45, 2.75) is 52.0 Å². The van der Waals surface area contributed by atoms with E-state index in [0.717, 1.165) is 32.2 Å². The van der Waals surface area contributed by atoms with E-state index < -0.39 is 5.41 Å². The van der Waals surface area contributed by atoms with Crippen molar-refractivity contribution in [3.63, 3.8) is 0 Å². The van der Waals surface area contributed by atoms with Gasteiger partial charge in [0.25, 0.3) is 0 Å². The first-order chi connectivity index (χ1) is 7.59. The average molecular weight is 220 g/mol. The van der Waals surface area contributed by atoms with E-state index >= 15 is 0 Å². The Labute approximate surface area is 97.4 Å². The molecular formula is C13H20N2O. The van der Waals surface area contributed by atoms with Gasteiger partial charge in [-0.1, -0.05) is 6.92 Å². The summed E-state index contributed by atoms with van der Waals surface area (Å²) >= 11 is 0. The smallest absolute Gasteiger partial charge is 0.243 e. The maximum Gasteiger partial charge on any atom is 0.243 e. The van der Waals surface area contributed by atoms with Gasteiger partial charge in [-0.05, 0) is 44.9 Å². The molecule has 2 fully saturated rings. The maximum absolute atomic E-state index is 12.4. The molecule has 1 saturated heterocycles. The van der Waals surface area contributed by atoms with Gasteiger partial charge in [-0.3, -0.25) is 4.79 Å². The zero-order chi connectivity index (χ0) is 11.8. The number of hydrogen-bond donors (Lipinski definition) is 0. The molecule has 1 amide bonds. The van der Waals surface area contributed by atoms with Crippen LogP contribution >= 0.6 is 0 Å². The van der Waals surface area contributed by atoms with Crippen LogP contribution in [0.2, 0.25) is 0 Å². The first-order valence-corrected chi connectivity index (χ1v) is 6.31. The number of rotatable bonds is 1. The van der Waals surface area contributed by atoms with Gasteiger partial charge >= 0.3 is 0 Å². The van der Waals surface area contributed by atoms with E-state index in [0.29, 0.717) is 12.0 Å². The van der Waals surface area contributed by atoms with Gasteiger partial charge in [0.2, 0.25) is 5.91 Å². The summed E-state index contributed by atoms with van der Waals surface area (Å²) in [6, 6.07) is 2.57. The van der Waals surface area contributed by atoms with Crippen LogP contribution in [-0.4, -0.2) is 23.4 Å². The van der Waals surface area contributed by atoms with Gasteiger partial charge in [-0.15, -0.1) is 0 Å². The molecule has 2 atom stereocenters. The number of hydrogen-bond acceptors (Lipinski definition) is 2. The Morgan fingerprint density at radius 2 is 2.06 bits per heavy atom. The summed E-state index contributed by atoms with van der Waals surface area (Å²) in [5.41, 5.74) is -0.661. The lowest BCUT2D eigenvalue weighted by atomic mass is 9.68. The molecule has 16 heavy (non-hydrogen) atoms. The van der Waals surface area contributed by atoms with Gasteiger partial charge in [0.15, 0.2) is 0 Å². The fourth-order valence-corrected chi connectivity index (χ4v) is 2.75. The number of amides is 1. The van der Waals surface area contributed by atoms with Gasteiger partial charge in [0, 0.05) is 12.6 Å². The molecule has 88 valence electrons. The summed E-state index contributed by atoms with van der Waals surface area (Å²) in [5, 5.41) is 9.19. The highest BCUT2D eigenvalue weighted by Crippen LogP contribution is 2.43. The van der Waals surface area contributed by atoms with Crippen molar-refractivity contribution >= 4 is 5.91 Å². The van der Waals surface area contributed by atoms with Crippen LogP contribution in [0.3, 0.4) is 0 Å². The Morgan fingerprint density at radius 1 is 1.38 bits per heavy atom. The van der Waals surface area contributed by atoms with Crippen molar-refractivity contribution < 1.29 is 4.79 Å². The van der Waals surface area contributed by atoms with E-state index in [1.807, 2.05) is 4.90 Å². The third kappa shape index (κ3) is 1.71. The maximum atomic E-state index is 12.4. The monoisotopic (exact) mass is 220 g/mol. The Bertz CT molecular complexity index is 327. The van der Waals surface area contributed by atoms with E-state index in [9.17, 15) is 10.1 Å². The standard InChI is InChI=1S/C13H20N2O/c1-10-4-5-11(2)15(8-10)12(16)13(9-14)6-3-7-13/h10-11H,3-8H2,1-2H3. The molecule has 0 aromatic carbocycles. The Balaban J connectivity index is 2.11. The van der Waals surface area contributed by atoms with E-state index in [4.69, 9.17) is 0 Å². The third-order valence-electron chi connectivity index (χ3n) is 4.21. The summed E-state index contributed by atoms with van der Waals surface area (Å²) in [4.78, 5) is 14.3. The lowest BCUT2D eigenvalue weighted by molar-refractivity contribution is -0.147. The molecule has 0 N–H and O–H groups in total. The number of carbonyl (C=O) groups is 1. The van der Waals surface area contributed by atoms with Gasteiger partial charge in [-0.2, -0.15) is 5.26 Å². The highest BCUT2D eigenvalue weighted by atomic mass is 16.2. The van der Waals surface area contributed by atoms with Crippen LogP contribution in [0.4, 0.5) is 0 Å². The minimum atomic E-state index is -0.661. The second kappa shape index (κ2) is 4.08. The fraction of sp³-hybridized carbons (Fsp3) is 0.846. The summed E-state index contributed by atoms with van der Waals surface area (Å²) in [7, 11) is 0. The van der Waals surface area contributed by atoms with E-state index in [1.165, 1.54) is 6.42 Å². The van der Waals surface area contributed by atoms with E-state index in [2.05, 4.69) is 19.9 Å². The van der Waals surface area contributed by atoms with Crippen molar-refractivity contribution in [1.82, 2.24) is 4.90 Å². The molecule has 0 aromatic heterocycles.